The molecule has 0 radical (unpaired) electrons. The van der Waals surface area contributed by atoms with Crippen LogP contribution < -0.4 is 0 Å². The van der Waals surface area contributed by atoms with Crippen LogP contribution in [-0.4, -0.2) is 16.4 Å². The molecule has 3 nitrogen and oxygen atoms in total. The number of hydrogen-bond acceptors (Lipinski definition) is 0. The van der Waals surface area contributed by atoms with Gasteiger partial charge in [0, 0.05) is 26.2 Å². The van der Waals surface area contributed by atoms with Gasteiger partial charge in [-0.05, 0) is 0 Å². The van der Waals surface area contributed by atoms with Crippen molar-refractivity contribution in [1.29, 1.82) is 0 Å². The first-order chi connectivity index (χ1) is 2.27. The molecule has 0 aliphatic carbocycles. The summed E-state index contributed by atoms with van der Waals surface area (Å²) in [6.07, 6.45) is 1.06. The van der Waals surface area contributed by atoms with Crippen molar-refractivity contribution in [2.24, 2.45) is 5.92 Å². The molecule has 0 saturated carbocycles. The largest absolute Gasteiger partial charge is 0.412 e. The van der Waals surface area contributed by atoms with Gasteiger partial charge in [-0.25, -0.2) is 0 Å². The standard InChI is InChI=1S/C5H11.3H2O.Zr/c1-4-5(2)3;;;;/h5H,1,4H2,2-3H3;3*1H2;/q-1;;;;. The summed E-state index contributed by atoms with van der Waals surface area (Å²) in [6.45, 7) is 8.00. The topological polar surface area (TPSA) is 94.5 Å². The molecule has 0 amide bonds. The van der Waals surface area contributed by atoms with Gasteiger partial charge in [-0.3, -0.25) is 0 Å². The van der Waals surface area contributed by atoms with E-state index in [4.69, 9.17) is 0 Å². The fourth-order valence-corrected chi connectivity index (χ4v) is 0. The molecule has 0 aliphatic rings. The van der Waals surface area contributed by atoms with Crippen LogP contribution in [0.2, 0.25) is 0 Å². The summed E-state index contributed by atoms with van der Waals surface area (Å²) in [5, 5.41) is 0. The van der Waals surface area contributed by atoms with Crippen molar-refractivity contribution in [3.63, 3.8) is 0 Å². The minimum atomic E-state index is 0. The molecule has 0 spiro atoms. The van der Waals surface area contributed by atoms with E-state index >= 15 is 0 Å². The number of rotatable bonds is 1. The van der Waals surface area contributed by atoms with Crippen LogP contribution in [0, 0.1) is 12.8 Å². The van der Waals surface area contributed by atoms with Gasteiger partial charge >= 0.3 is 0 Å². The fourth-order valence-electron chi connectivity index (χ4n) is 0. The van der Waals surface area contributed by atoms with Gasteiger partial charge in [-0.2, -0.15) is 6.42 Å². The van der Waals surface area contributed by atoms with Crippen LogP contribution in [0.25, 0.3) is 0 Å². The first-order valence-electron chi connectivity index (χ1n) is 2.06. The van der Waals surface area contributed by atoms with Gasteiger partial charge in [-0.1, -0.05) is 19.8 Å². The van der Waals surface area contributed by atoms with Crippen molar-refractivity contribution in [2.75, 3.05) is 0 Å². The summed E-state index contributed by atoms with van der Waals surface area (Å²) in [7, 11) is 0. The Balaban J connectivity index is -0.0000000133. The first-order valence-corrected chi connectivity index (χ1v) is 2.06. The number of hydrogen-bond donors (Lipinski definition) is 0. The van der Waals surface area contributed by atoms with Crippen LogP contribution in [0.15, 0.2) is 0 Å². The first kappa shape index (κ1) is 33.0. The molecule has 6 N–H and O–H groups in total. The molecule has 0 aromatic rings. The average molecular weight is 216 g/mol. The Kier molecular flexibility index (Phi) is 85.5. The van der Waals surface area contributed by atoms with Gasteiger partial charge in [0.05, 0.1) is 0 Å². The molecule has 9 heavy (non-hydrogen) atoms. The maximum Gasteiger partial charge on any atom is 0 e. The van der Waals surface area contributed by atoms with E-state index in [-0.39, 0.29) is 42.6 Å². The van der Waals surface area contributed by atoms with E-state index in [0.717, 1.165) is 12.3 Å². The van der Waals surface area contributed by atoms with Gasteiger partial charge in [0.25, 0.3) is 0 Å². The zero-order valence-electron chi connectivity index (χ0n) is 5.99. The second-order valence-electron chi connectivity index (χ2n) is 1.68. The molecule has 0 unspecified atom stereocenters. The predicted octanol–water partition coefficient (Wildman–Crippen LogP) is -0.610. The third-order valence-electron chi connectivity index (χ3n) is 0.577. The fraction of sp³-hybridized carbons (Fsp3) is 0.800. The molecule has 0 aromatic heterocycles. The summed E-state index contributed by atoms with van der Waals surface area (Å²) in [4.78, 5) is 0. The van der Waals surface area contributed by atoms with E-state index in [9.17, 15) is 0 Å². The third kappa shape index (κ3) is 52.5. The molecule has 4 heteroatoms. The molecule has 0 bridgehead atoms. The van der Waals surface area contributed by atoms with Gasteiger partial charge in [0.1, 0.15) is 0 Å². The zero-order chi connectivity index (χ0) is 4.28. The summed E-state index contributed by atoms with van der Waals surface area (Å²) < 4.78 is 0. The Morgan fingerprint density at radius 3 is 1.22 bits per heavy atom. The zero-order valence-corrected chi connectivity index (χ0v) is 8.45. The van der Waals surface area contributed by atoms with Crippen LogP contribution >= 0.6 is 0 Å². The van der Waals surface area contributed by atoms with Gasteiger partial charge < -0.3 is 23.4 Å². The van der Waals surface area contributed by atoms with Crippen LogP contribution in [-0.2, 0) is 26.2 Å². The molecule has 0 heterocycles. The normalized spacial score (nSPS) is 5.33. The second kappa shape index (κ2) is 23.3. The van der Waals surface area contributed by atoms with E-state index in [1.807, 2.05) is 0 Å². The Hall–Kier alpha value is 0.763. The Morgan fingerprint density at radius 1 is 1.11 bits per heavy atom. The monoisotopic (exact) mass is 215 g/mol. The molecule has 60 valence electrons. The summed E-state index contributed by atoms with van der Waals surface area (Å²) >= 11 is 0. The van der Waals surface area contributed by atoms with Crippen molar-refractivity contribution in [3.8, 4) is 0 Å². The molecular formula is C5H17O3Zr-. The van der Waals surface area contributed by atoms with Crippen molar-refractivity contribution in [2.45, 2.75) is 20.3 Å². The molecular weight excluding hydrogens is 199 g/mol. The van der Waals surface area contributed by atoms with Crippen LogP contribution in [0.4, 0.5) is 0 Å². The average Bonchev–Trinajstić information content (AvgIpc) is 1.38. The maximum absolute atomic E-state index is 3.69. The van der Waals surface area contributed by atoms with Crippen molar-refractivity contribution in [3.05, 3.63) is 6.92 Å². The molecule has 0 rings (SSSR count). The second-order valence-corrected chi connectivity index (χ2v) is 1.68. The van der Waals surface area contributed by atoms with Gasteiger partial charge in [0.15, 0.2) is 0 Å². The summed E-state index contributed by atoms with van der Waals surface area (Å²) in [5.74, 6) is 0.773. The van der Waals surface area contributed by atoms with E-state index in [0.29, 0.717) is 0 Å². The van der Waals surface area contributed by atoms with Crippen LogP contribution in [0.3, 0.4) is 0 Å². The SMILES string of the molecule is O.O.O.[CH2-]CC(C)C.[Zr]. The Morgan fingerprint density at radius 2 is 1.22 bits per heavy atom. The minimum absolute atomic E-state index is 0. The summed E-state index contributed by atoms with van der Waals surface area (Å²) in [5.41, 5.74) is 0. The summed E-state index contributed by atoms with van der Waals surface area (Å²) in [6, 6.07) is 0. The smallest absolute Gasteiger partial charge is 0 e. The molecule has 0 aromatic carbocycles. The maximum atomic E-state index is 3.69. The van der Waals surface area contributed by atoms with Crippen LogP contribution in [0.1, 0.15) is 20.3 Å². The van der Waals surface area contributed by atoms with Gasteiger partial charge in [-0.15, -0.1) is 0 Å². The molecule has 0 fully saturated rings. The third-order valence-corrected chi connectivity index (χ3v) is 0.577. The Labute approximate surface area is 75.9 Å². The van der Waals surface area contributed by atoms with Crippen molar-refractivity contribution in [1.82, 2.24) is 0 Å². The quantitative estimate of drug-likeness (QED) is 0.523. The van der Waals surface area contributed by atoms with Gasteiger partial charge in [0.2, 0.25) is 0 Å². The van der Waals surface area contributed by atoms with E-state index in [1.165, 1.54) is 0 Å². The minimum Gasteiger partial charge on any atom is -0.412 e. The van der Waals surface area contributed by atoms with Crippen LogP contribution in [0.5, 0.6) is 0 Å². The molecule has 0 atom stereocenters. The molecule has 0 saturated heterocycles. The van der Waals surface area contributed by atoms with Crippen molar-refractivity contribution >= 4 is 0 Å². The molecule has 0 aliphatic heterocycles. The van der Waals surface area contributed by atoms with E-state index < -0.39 is 0 Å². The van der Waals surface area contributed by atoms with E-state index in [1.54, 1.807) is 0 Å². The Bertz CT molecular complexity index is 26.2. The van der Waals surface area contributed by atoms with E-state index in [2.05, 4.69) is 20.8 Å². The predicted molar refractivity (Wildman–Crippen MR) is 35.7 cm³/mol. The van der Waals surface area contributed by atoms with Crippen molar-refractivity contribution < 1.29 is 42.6 Å².